The van der Waals surface area contributed by atoms with Gasteiger partial charge in [-0.05, 0) is 18.9 Å². The topological polar surface area (TPSA) is 83.8 Å². The van der Waals surface area contributed by atoms with E-state index in [1.165, 1.54) is 6.07 Å². The summed E-state index contributed by atoms with van der Waals surface area (Å²) in [5, 5.41) is 11.1. The minimum absolute atomic E-state index is 0.0328. The van der Waals surface area contributed by atoms with Crippen molar-refractivity contribution in [1.82, 2.24) is 4.90 Å². The molecular formula is C15H17N3O4. The minimum atomic E-state index is -0.403. The van der Waals surface area contributed by atoms with Crippen LogP contribution >= 0.6 is 0 Å². The number of hydrogen-bond donors (Lipinski definition) is 0. The Bertz CT molecular complexity index is 658. The Balaban J connectivity index is 1.92. The molecule has 7 nitrogen and oxygen atoms in total. The van der Waals surface area contributed by atoms with E-state index in [4.69, 9.17) is 0 Å². The van der Waals surface area contributed by atoms with Crippen LogP contribution < -0.4 is 4.90 Å². The molecular weight excluding hydrogens is 286 g/mol. The molecule has 1 atom stereocenters. The molecule has 0 N–H and O–H groups in total. The molecule has 1 aromatic rings. The first-order valence-corrected chi connectivity index (χ1v) is 7.30. The molecule has 7 heteroatoms. The maximum atomic E-state index is 12.7. The van der Waals surface area contributed by atoms with E-state index in [-0.39, 0.29) is 29.8 Å². The molecule has 3 rings (SSSR count). The average molecular weight is 303 g/mol. The number of nitro groups is 1. The average Bonchev–Trinajstić information content (AvgIpc) is 2.84. The number of fused-ring (bicyclic) bond motifs is 1. The van der Waals surface area contributed by atoms with Crippen LogP contribution in [0.5, 0.6) is 0 Å². The lowest BCUT2D eigenvalue weighted by atomic mass is 9.97. The highest BCUT2D eigenvalue weighted by molar-refractivity contribution is 6.00. The second kappa shape index (κ2) is 5.40. The van der Waals surface area contributed by atoms with Crippen LogP contribution in [0.15, 0.2) is 18.2 Å². The highest BCUT2D eigenvalue weighted by Gasteiger charge is 2.37. The fourth-order valence-electron chi connectivity index (χ4n) is 3.26. The molecule has 2 aliphatic rings. The van der Waals surface area contributed by atoms with E-state index in [0.29, 0.717) is 37.2 Å². The molecule has 1 saturated heterocycles. The number of rotatable bonds is 2. The summed E-state index contributed by atoms with van der Waals surface area (Å²) in [4.78, 5) is 38.2. The predicted molar refractivity (Wildman–Crippen MR) is 79.5 cm³/mol. The summed E-state index contributed by atoms with van der Waals surface area (Å²) >= 11 is 0. The number of hydrogen-bond acceptors (Lipinski definition) is 4. The monoisotopic (exact) mass is 303 g/mol. The van der Waals surface area contributed by atoms with Gasteiger partial charge in [0, 0.05) is 32.6 Å². The first-order chi connectivity index (χ1) is 10.5. The number of nitrogens with zero attached hydrogens (tertiary/aromatic N) is 3. The van der Waals surface area contributed by atoms with E-state index in [1.54, 1.807) is 29.0 Å². The highest BCUT2D eigenvalue weighted by Crippen LogP contribution is 2.35. The van der Waals surface area contributed by atoms with Gasteiger partial charge in [0.1, 0.15) is 0 Å². The van der Waals surface area contributed by atoms with Crippen LogP contribution in [0.3, 0.4) is 0 Å². The molecule has 0 bridgehead atoms. The van der Waals surface area contributed by atoms with E-state index in [9.17, 15) is 19.7 Å². The van der Waals surface area contributed by atoms with Crippen molar-refractivity contribution in [2.75, 3.05) is 25.0 Å². The number of nitro benzene ring substituents is 1. The summed E-state index contributed by atoms with van der Waals surface area (Å²) in [6.45, 7) is 0.958. The number of amides is 2. The Labute approximate surface area is 127 Å². The van der Waals surface area contributed by atoms with Gasteiger partial charge in [-0.15, -0.1) is 0 Å². The Morgan fingerprint density at radius 1 is 1.41 bits per heavy atom. The molecule has 1 fully saturated rings. The van der Waals surface area contributed by atoms with Crippen molar-refractivity contribution in [3.63, 3.8) is 0 Å². The van der Waals surface area contributed by atoms with Gasteiger partial charge in [0.25, 0.3) is 5.69 Å². The largest absolute Gasteiger partial charge is 0.345 e. The highest BCUT2D eigenvalue weighted by atomic mass is 16.6. The van der Waals surface area contributed by atoms with E-state index in [2.05, 4.69) is 0 Å². The van der Waals surface area contributed by atoms with Crippen LogP contribution in [0, 0.1) is 16.0 Å². The third-order valence-electron chi connectivity index (χ3n) is 4.38. The molecule has 0 spiro atoms. The van der Waals surface area contributed by atoms with Crippen LogP contribution in [0.4, 0.5) is 11.4 Å². The Morgan fingerprint density at radius 2 is 2.18 bits per heavy atom. The van der Waals surface area contributed by atoms with E-state index in [0.717, 1.165) is 0 Å². The molecule has 0 aromatic heterocycles. The molecule has 0 radical (unpaired) electrons. The lowest BCUT2D eigenvalue weighted by molar-refractivity contribution is -0.385. The molecule has 2 heterocycles. The van der Waals surface area contributed by atoms with Crippen molar-refractivity contribution < 1.29 is 14.5 Å². The molecule has 0 saturated carbocycles. The van der Waals surface area contributed by atoms with Crippen molar-refractivity contribution >= 4 is 23.2 Å². The maximum absolute atomic E-state index is 12.7. The SMILES string of the molecule is CN1C[C@@H](C(=O)N2CCCc3c2cccc3[N+](=O)[O-])CC1=O. The molecule has 0 aliphatic carbocycles. The number of benzene rings is 1. The van der Waals surface area contributed by atoms with Gasteiger partial charge in [0.2, 0.25) is 11.8 Å². The Morgan fingerprint density at radius 3 is 2.82 bits per heavy atom. The van der Waals surface area contributed by atoms with E-state index < -0.39 is 4.92 Å². The van der Waals surface area contributed by atoms with Crippen LogP contribution in [0.1, 0.15) is 18.4 Å². The van der Waals surface area contributed by atoms with Crippen LogP contribution in [0.25, 0.3) is 0 Å². The third kappa shape index (κ3) is 2.32. The number of carbonyl (C=O) groups is 2. The number of likely N-dealkylation sites (tertiary alicyclic amines) is 1. The molecule has 116 valence electrons. The lowest BCUT2D eigenvalue weighted by Gasteiger charge is -2.31. The van der Waals surface area contributed by atoms with Crippen molar-refractivity contribution in [3.05, 3.63) is 33.9 Å². The van der Waals surface area contributed by atoms with Gasteiger partial charge >= 0.3 is 0 Å². The number of anilines is 1. The third-order valence-corrected chi connectivity index (χ3v) is 4.38. The normalized spacial score (nSPS) is 21.0. The first kappa shape index (κ1) is 14.5. The van der Waals surface area contributed by atoms with Gasteiger partial charge < -0.3 is 9.80 Å². The minimum Gasteiger partial charge on any atom is -0.345 e. The maximum Gasteiger partial charge on any atom is 0.274 e. The Hall–Kier alpha value is -2.44. The summed E-state index contributed by atoms with van der Waals surface area (Å²) in [6.07, 6.45) is 1.51. The van der Waals surface area contributed by atoms with Crippen LogP contribution in [-0.2, 0) is 16.0 Å². The molecule has 2 amide bonds. The van der Waals surface area contributed by atoms with Gasteiger partial charge in [0.15, 0.2) is 0 Å². The van der Waals surface area contributed by atoms with Gasteiger partial charge in [0.05, 0.1) is 22.1 Å². The first-order valence-electron chi connectivity index (χ1n) is 7.30. The summed E-state index contributed by atoms with van der Waals surface area (Å²) in [6, 6.07) is 4.83. The summed E-state index contributed by atoms with van der Waals surface area (Å²) in [7, 11) is 1.69. The van der Waals surface area contributed by atoms with Crippen molar-refractivity contribution in [2.24, 2.45) is 5.92 Å². The zero-order valence-corrected chi connectivity index (χ0v) is 12.3. The van der Waals surface area contributed by atoms with Gasteiger partial charge in [-0.3, -0.25) is 19.7 Å². The second-order valence-corrected chi connectivity index (χ2v) is 5.80. The number of carbonyl (C=O) groups excluding carboxylic acids is 2. The smallest absolute Gasteiger partial charge is 0.274 e. The second-order valence-electron chi connectivity index (χ2n) is 5.80. The van der Waals surface area contributed by atoms with Crippen molar-refractivity contribution in [3.8, 4) is 0 Å². The van der Waals surface area contributed by atoms with E-state index in [1.807, 2.05) is 0 Å². The zero-order valence-electron chi connectivity index (χ0n) is 12.3. The molecule has 22 heavy (non-hydrogen) atoms. The Kier molecular flexibility index (Phi) is 3.56. The van der Waals surface area contributed by atoms with Crippen molar-refractivity contribution in [2.45, 2.75) is 19.3 Å². The fraction of sp³-hybridized carbons (Fsp3) is 0.467. The summed E-state index contributed by atoms with van der Waals surface area (Å²) in [5.74, 6) is -0.503. The summed E-state index contributed by atoms with van der Waals surface area (Å²) < 4.78 is 0. The quantitative estimate of drug-likeness (QED) is 0.610. The molecule has 0 unspecified atom stereocenters. The van der Waals surface area contributed by atoms with Crippen LogP contribution in [-0.4, -0.2) is 41.8 Å². The lowest BCUT2D eigenvalue weighted by Crippen LogP contribution is -2.40. The fourth-order valence-corrected chi connectivity index (χ4v) is 3.26. The van der Waals surface area contributed by atoms with Gasteiger partial charge in [-0.2, -0.15) is 0 Å². The molecule has 2 aliphatic heterocycles. The summed E-state index contributed by atoms with van der Waals surface area (Å²) in [5.41, 5.74) is 1.30. The van der Waals surface area contributed by atoms with Gasteiger partial charge in [-0.1, -0.05) is 6.07 Å². The standard InChI is InChI=1S/C15H17N3O4/c1-16-9-10(8-14(16)19)15(20)17-7-3-4-11-12(17)5-2-6-13(11)18(21)22/h2,5-6,10H,3-4,7-9H2,1H3/t10-/m0/s1. The zero-order chi connectivity index (χ0) is 15.9. The van der Waals surface area contributed by atoms with Crippen molar-refractivity contribution in [1.29, 1.82) is 0 Å². The van der Waals surface area contributed by atoms with Crippen LogP contribution in [0.2, 0.25) is 0 Å². The predicted octanol–water partition coefficient (Wildman–Crippen LogP) is 1.35. The van der Waals surface area contributed by atoms with E-state index >= 15 is 0 Å². The van der Waals surface area contributed by atoms with Gasteiger partial charge in [-0.25, -0.2) is 0 Å². The molecule has 1 aromatic carbocycles.